The van der Waals surface area contributed by atoms with E-state index in [9.17, 15) is 9.59 Å². The molecule has 0 spiro atoms. The highest BCUT2D eigenvalue weighted by Crippen LogP contribution is 2.30. The summed E-state index contributed by atoms with van der Waals surface area (Å²) in [4.78, 5) is 28.7. The first-order valence-electron chi connectivity index (χ1n) is 8.68. The summed E-state index contributed by atoms with van der Waals surface area (Å²) in [6.45, 7) is 2.69. The maximum atomic E-state index is 12.9. The van der Waals surface area contributed by atoms with Crippen LogP contribution in [0, 0.1) is 0 Å². The summed E-state index contributed by atoms with van der Waals surface area (Å²) in [5.74, 6) is 0.321. The predicted octanol–water partition coefficient (Wildman–Crippen LogP) is 2.20. The molecule has 2 unspecified atom stereocenters. The second-order valence-corrected chi connectivity index (χ2v) is 6.79. The van der Waals surface area contributed by atoms with Crippen LogP contribution in [0.4, 0.5) is 5.69 Å². The molecule has 0 saturated carbocycles. The van der Waals surface area contributed by atoms with E-state index in [4.69, 9.17) is 0 Å². The van der Waals surface area contributed by atoms with Crippen LogP contribution >= 0.6 is 12.4 Å². The molecule has 24 heavy (non-hydrogen) atoms. The van der Waals surface area contributed by atoms with Gasteiger partial charge in [0.15, 0.2) is 0 Å². The summed E-state index contributed by atoms with van der Waals surface area (Å²) in [6.07, 6.45) is 4.82. The van der Waals surface area contributed by atoms with Crippen molar-refractivity contribution in [1.29, 1.82) is 0 Å². The third kappa shape index (κ3) is 3.03. The van der Waals surface area contributed by atoms with Crippen molar-refractivity contribution >= 4 is 29.9 Å². The van der Waals surface area contributed by atoms with Gasteiger partial charge in [-0.15, -0.1) is 12.4 Å². The van der Waals surface area contributed by atoms with Crippen LogP contribution in [0.1, 0.15) is 42.5 Å². The predicted molar refractivity (Wildman–Crippen MR) is 95.7 cm³/mol. The second kappa shape index (κ2) is 7.11. The molecule has 1 N–H and O–H groups in total. The monoisotopic (exact) mass is 349 g/mol. The first kappa shape index (κ1) is 17.2. The van der Waals surface area contributed by atoms with Crippen molar-refractivity contribution in [3.05, 3.63) is 29.8 Å². The Bertz CT molecular complexity index is 605. The molecule has 1 aromatic rings. The van der Waals surface area contributed by atoms with Crippen LogP contribution in [0.3, 0.4) is 0 Å². The number of carbonyl (C=O) groups is 2. The van der Waals surface area contributed by atoms with Crippen molar-refractivity contribution in [2.45, 2.75) is 44.2 Å². The Hall–Kier alpha value is -1.59. The molecule has 2 bridgehead atoms. The van der Waals surface area contributed by atoms with Crippen LogP contribution in [0.5, 0.6) is 0 Å². The van der Waals surface area contributed by atoms with Crippen molar-refractivity contribution in [1.82, 2.24) is 10.2 Å². The molecule has 2 atom stereocenters. The minimum atomic E-state index is 0. The smallest absolute Gasteiger partial charge is 0.254 e. The molecule has 1 aromatic carbocycles. The van der Waals surface area contributed by atoms with Crippen LogP contribution in [-0.2, 0) is 4.79 Å². The molecule has 5 nitrogen and oxygen atoms in total. The molecule has 3 heterocycles. The molecule has 0 aliphatic carbocycles. The summed E-state index contributed by atoms with van der Waals surface area (Å²) in [7, 11) is 0. The van der Waals surface area contributed by atoms with Gasteiger partial charge in [-0.25, -0.2) is 0 Å². The van der Waals surface area contributed by atoms with Crippen LogP contribution < -0.4 is 10.2 Å². The van der Waals surface area contributed by atoms with Gasteiger partial charge < -0.3 is 15.1 Å². The average Bonchev–Trinajstić information content (AvgIpc) is 3.09. The van der Waals surface area contributed by atoms with E-state index < -0.39 is 0 Å². The summed E-state index contributed by atoms with van der Waals surface area (Å²) in [5, 5.41) is 3.43. The van der Waals surface area contributed by atoms with Crippen LogP contribution in [0.2, 0.25) is 0 Å². The summed E-state index contributed by atoms with van der Waals surface area (Å²) >= 11 is 0. The number of amides is 2. The van der Waals surface area contributed by atoms with Crippen LogP contribution in [0.25, 0.3) is 0 Å². The lowest BCUT2D eigenvalue weighted by Gasteiger charge is -2.28. The number of carbonyl (C=O) groups excluding carboxylic acids is 2. The Balaban J connectivity index is 0.00000169. The van der Waals surface area contributed by atoms with E-state index >= 15 is 0 Å². The van der Waals surface area contributed by atoms with Gasteiger partial charge in [-0.05, 0) is 56.5 Å². The van der Waals surface area contributed by atoms with E-state index in [1.807, 2.05) is 29.2 Å². The molecule has 2 amide bonds. The van der Waals surface area contributed by atoms with Crippen LogP contribution in [-0.4, -0.2) is 48.4 Å². The van der Waals surface area contributed by atoms with E-state index in [0.29, 0.717) is 18.5 Å². The highest BCUT2D eigenvalue weighted by atomic mass is 35.5. The lowest BCUT2D eigenvalue weighted by molar-refractivity contribution is -0.117. The van der Waals surface area contributed by atoms with Crippen LogP contribution in [0.15, 0.2) is 24.3 Å². The maximum Gasteiger partial charge on any atom is 0.254 e. The topological polar surface area (TPSA) is 52.7 Å². The molecule has 6 heteroatoms. The fraction of sp³-hybridized carbons (Fsp3) is 0.556. The number of fused-ring (bicyclic) bond motifs is 2. The van der Waals surface area contributed by atoms with E-state index in [2.05, 4.69) is 10.2 Å². The number of rotatable bonds is 2. The van der Waals surface area contributed by atoms with Gasteiger partial charge in [0.05, 0.1) is 0 Å². The van der Waals surface area contributed by atoms with Crippen molar-refractivity contribution in [2.24, 2.45) is 0 Å². The minimum absolute atomic E-state index is 0. The number of hydrogen-bond donors (Lipinski definition) is 1. The Labute approximate surface area is 148 Å². The van der Waals surface area contributed by atoms with E-state index in [1.54, 1.807) is 0 Å². The van der Waals surface area contributed by atoms with E-state index in [-0.39, 0.29) is 24.2 Å². The molecule has 3 aliphatic rings. The summed E-state index contributed by atoms with van der Waals surface area (Å²) in [5.41, 5.74) is 1.64. The zero-order valence-corrected chi connectivity index (χ0v) is 14.6. The molecule has 130 valence electrons. The quantitative estimate of drug-likeness (QED) is 0.890. The number of nitrogens with zero attached hydrogens (tertiary/aromatic N) is 2. The normalized spacial score (nSPS) is 26.2. The largest absolute Gasteiger partial charge is 0.331 e. The Morgan fingerprint density at radius 1 is 1.08 bits per heavy atom. The van der Waals surface area contributed by atoms with Gasteiger partial charge in [0.2, 0.25) is 5.91 Å². The molecule has 4 rings (SSSR count). The minimum Gasteiger partial charge on any atom is -0.331 e. The molecular formula is C18H24ClN3O2. The number of benzene rings is 1. The lowest BCUT2D eigenvalue weighted by atomic mass is 10.1. The fourth-order valence-electron chi connectivity index (χ4n) is 4.17. The van der Waals surface area contributed by atoms with E-state index in [1.165, 1.54) is 0 Å². The Morgan fingerprint density at radius 3 is 2.54 bits per heavy atom. The van der Waals surface area contributed by atoms with Gasteiger partial charge in [0.25, 0.3) is 5.91 Å². The number of anilines is 1. The van der Waals surface area contributed by atoms with Crippen molar-refractivity contribution in [3.63, 3.8) is 0 Å². The van der Waals surface area contributed by atoms with Crippen molar-refractivity contribution < 1.29 is 9.59 Å². The van der Waals surface area contributed by atoms with Gasteiger partial charge >= 0.3 is 0 Å². The maximum absolute atomic E-state index is 12.9. The summed E-state index contributed by atoms with van der Waals surface area (Å²) < 4.78 is 0. The Kier molecular flexibility index (Phi) is 5.11. The number of hydrogen-bond acceptors (Lipinski definition) is 3. The summed E-state index contributed by atoms with van der Waals surface area (Å²) in [6, 6.07) is 8.28. The zero-order valence-electron chi connectivity index (χ0n) is 13.7. The lowest BCUT2D eigenvalue weighted by Crippen LogP contribution is -2.42. The molecule has 3 fully saturated rings. The molecule has 3 aliphatic heterocycles. The molecular weight excluding hydrogens is 326 g/mol. The number of halogens is 1. The molecule has 3 saturated heterocycles. The fourth-order valence-corrected chi connectivity index (χ4v) is 4.17. The number of nitrogens with one attached hydrogen (secondary N) is 1. The third-order valence-corrected chi connectivity index (χ3v) is 5.39. The van der Waals surface area contributed by atoms with E-state index in [0.717, 1.165) is 56.6 Å². The SMILES string of the molecule is Cl.O=C1CCCN1c1ccc(C(=O)N2C3CCNCC2CC3)cc1. The second-order valence-electron chi connectivity index (χ2n) is 6.79. The highest BCUT2D eigenvalue weighted by molar-refractivity contribution is 5.98. The van der Waals surface area contributed by atoms with Gasteiger partial charge in [0.1, 0.15) is 0 Å². The average molecular weight is 350 g/mol. The first-order chi connectivity index (χ1) is 11.2. The van der Waals surface area contributed by atoms with Gasteiger partial charge in [0, 0.05) is 42.8 Å². The van der Waals surface area contributed by atoms with Gasteiger partial charge in [-0.3, -0.25) is 9.59 Å². The highest BCUT2D eigenvalue weighted by Gasteiger charge is 2.38. The molecule has 0 radical (unpaired) electrons. The van der Waals surface area contributed by atoms with Gasteiger partial charge in [-0.1, -0.05) is 0 Å². The van der Waals surface area contributed by atoms with Gasteiger partial charge in [-0.2, -0.15) is 0 Å². The first-order valence-corrected chi connectivity index (χ1v) is 8.68. The zero-order chi connectivity index (χ0) is 15.8. The standard InChI is InChI=1S/C18H23N3O2.ClH/c22-17-2-1-11-20(17)14-5-3-13(4-6-14)18(23)21-15-7-8-16(21)12-19-10-9-15;/h3-6,15-16,19H,1-2,7-12H2;1H. The van der Waals surface area contributed by atoms with Crippen molar-refractivity contribution in [3.8, 4) is 0 Å². The van der Waals surface area contributed by atoms with Crippen molar-refractivity contribution in [2.75, 3.05) is 24.5 Å². The molecule has 0 aromatic heterocycles. The Morgan fingerprint density at radius 2 is 1.83 bits per heavy atom. The third-order valence-electron chi connectivity index (χ3n) is 5.39.